The van der Waals surface area contributed by atoms with Crippen LogP contribution in [-0.2, 0) is 17.6 Å². The zero-order valence-corrected chi connectivity index (χ0v) is 16.3. The molecule has 0 bridgehead atoms. The van der Waals surface area contributed by atoms with Gasteiger partial charge in [-0.3, -0.25) is 4.79 Å². The smallest absolute Gasteiger partial charge is 0.262 e. The van der Waals surface area contributed by atoms with E-state index in [4.69, 9.17) is 4.74 Å². The number of para-hydroxylation sites is 2. The number of aromatic nitrogens is 2. The standard InChI is InChI=1S/C23H25N3O2/c1-4-18-9-8-10-19(5-2)23(18)25-22(27)15-28-21-12-7-6-11-20(21)17(3)26-14-13-24-16-26/h6-14,16H,3-5,15H2,1-2H3,(H,25,27). The van der Waals surface area contributed by atoms with E-state index in [1.807, 2.05) is 53.2 Å². The molecule has 1 heterocycles. The van der Waals surface area contributed by atoms with Crippen molar-refractivity contribution in [1.82, 2.24) is 9.55 Å². The highest BCUT2D eigenvalue weighted by Gasteiger charge is 2.13. The van der Waals surface area contributed by atoms with Gasteiger partial charge in [0.25, 0.3) is 5.91 Å². The first kappa shape index (κ1) is 19.4. The maximum absolute atomic E-state index is 12.6. The molecule has 1 N–H and O–H groups in total. The molecular weight excluding hydrogens is 350 g/mol. The Morgan fingerprint density at radius 3 is 2.46 bits per heavy atom. The van der Waals surface area contributed by atoms with E-state index in [2.05, 4.69) is 30.7 Å². The predicted octanol–water partition coefficient (Wildman–Crippen LogP) is 4.54. The molecule has 0 aliphatic heterocycles. The highest BCUT2D eigenvalue weighted by molar-refractivity contribution is 5.93. The zero-order chi connectivity index (χ0) is 19.9. The minimum atomic E-state index is -0.182. The van der Waals surface area contributed by atoms with Gasteiger partial charge in [-0.25, -0.2) is 4.98 Å². The van der Waals surface area contributed by atoms with Crippen LogP contribution < -0.4 is 10.1 Å². The van der Waals surface area contributed by atoms with Crippen molar-refractivity contribution in [3.63, 3.8) is 0 Å². The van der Waals surface area contributed by atoms with Gasteiger partial charge in [-0.05, 0) is 36.1 Å². The van der Waals surface area contributed by atoms with Crippen molar-refractivity contribution in [2.75, 3.05) is 11.9 Å². The lowest BCUT2D eigenvalue weighted by Crippen LogP contribution is -2.22. The summed E-state index contributed by atoms with van der Waals surface area (Å²) in [7, 11) is 0. The monoisotopic (exact) mass is 375 g/mol. The molecule has 0 spiro atoms. The molecule has 0 unspecified atom stereocenters. The number of benzene rings is 2. The van der Waals surface area contributed by atoms with Crippen molar-refractivity contribution < 1.29 is 9.53 Å². The summed E-state index contributed by atoms with van der Waals surface area (Å²) in [6.07, 6.45) is 6.91. The number of carbonyl (C=O) groups excluding carboxylic acids is 1. The summed E-state index contributed by atoms with van der Waals surface area (Å²) < 4.78 is 7.64. The van der Waals surface area contributed by atoms with Crippen LogP contribution in [0.1, 0.15) is 30.5 Å². The van der Waals surface area contributed by atoms with Crippen molar-refractivity contribution in [2.24, 2.45) is 0 Å². The Balaban J connectivity index is 1.72. The Bertz CT molecular complexity index is 939. The molecule has 0 radical (unpaired) electrons. The molecule has 2 aromatic carbocycles. The number of nitrogens with one attached hydrogen (secondary N) is 1. The van der Waals surface area contributed by atoms with Crippen molar-refractivity contribution in [3.05, 3.63) is 84.5 Å². The summed E-state index contributed by atoms with van der Waals surface area (Å²) in [5.41, 5.74) is 4.70. The molecule has 28 heavy (non-hydrogen) atoms. The summed E-state index contributed by atoms with van der Waals surface area (Å²) in [5.74, 6) is 0.425. The first-order valence-electron chi connectivity index (χ1n) is 9.44. The lowest BCUT2D eigenvalue weighted by molar-refractivity contribution is -0.118. The van der Waals surface area contributed by atoms with Crippen molar-refractivity contribution in [2.45, 2.75) is 26.7 Å². The molecule has 0 fully saturated rings. The first-order valence-corrected chi connectivity index (χ1v) is 9.44. The van der Waals surface area contributed by atoms with Gasteiger partial charge >= 0.3 is 0 Å². The van der Waals surface area contributed by atoms with Crippen molar-refractivity contribution in [3.8, 4) is 5.75 Å². The molecule has 0 saturated carbocycles. The van der Waals surface area contributed by atoms with Gasteiger partial charge in [-0.1, -0.05) is 50.8 Å². The Kier molecular flexibility index (Phi) is 6.27. The average Bonchev–Trinajstić information content (AvgIpc) is 3.27. The molecule has 0 aliphatic carbocycles. The Labute approximate surface area is 165 Å². The van der Waals surface area contributed by atoms with Gasteiger partial charge < -0.3 is 14.6 Å². The number of amides is 1. The number of nitrogens with zero attached hydrogens (tertiary/aromatic N) is 2. The molecule has 3 rings (SSSR count). The molecule has 5 heteroatoms. The van der Waals surface area contributed by atoms with E-state index in [1.54, 1.807) is 12.5 Å². The van der Waals surface area contributed by atoms with Gasteiger partial charge in [0.1, 0.15) is 5.75 Å². The lowest BCUT2D eigenvalue weighted by Gasteiger charge is -2.16. The van der Waals surface area contributed by atoms with Crippen LogP contribution in [0.15, 0.2) is 67.8 Å². The molecule has 1 amide bonds. The largest absolute Gasteiger partial charge is 0.483 e. The minimum Gasteiger partial charge on any atom is -0.483 e. The van der Waals surface area contributed by atoms with Crippen LogP contribution in [0.3, 0.4) is 0 Å². The Morgan fingerprint density at radius 2 is 1.82 bits per heavy atom. The normalized spacial score (nSPS) is 10.5. The number of rotatable bonds is 8. The number of anilines is 1. The summed E-state index contributed by atoms with van der Waals surface area (Å²) in [4.78, 5) is 16.6. The van der Waals surface area contributed by atoms with Gasteiger partial charge in [0.15, 0.2) is 6.61 Å². The zero-order valence-electron chi connectivity index (χ0n) is 16.3. The van der Waals surface area contributed by atoms with Crippen LogP contribution in [-0.4, -0.2) is 22.1 Å². The van der Waals surface area contributed by atoms with Gasteiger partial charge in [0, 0.05) is 23.6 Å². The summed E-state index contributed by atoms with van der Waals surface area (Å²) in [5, 5.41) is 3.03. The first-order chi connectivity index (χ1) is 13.6. The fourth-order valence-electron chi connectivity index (χ4n) is 3.11. The molecule has 5 nitrogen and oxygen atoms in total. The quantitative estimate of drug-likeness (QED) is 0.629. The third kappa shape index (κ3) is 4.31. The SMILES string of the molecule is C=C(c1ccccc1OCC(=O)Nc1c(CC)cccc1CC)n1ccnc1. The van der Waals surface area contributed by atoms with Crippen LogP contribution >= 0.6 is 0 Å². The topological polar surface area (TPSA) is 56.1 Å². The molecule has 144 valence electrons. The molecule has 0 atom stereocenters. The second-order valence-electron chi connectivity index (χ2n) is 6.41. The molecular formula is C23H25N3O2. The third-order valence-corrected chi connectivity index (χ3v) is 4.64. The Hall–Kier alpha value is -3.34. The number of carbonyl (C=O) groups is 1. The third-order valence-electron chi connectivity index (χ3n) is 4.64. The van der Waals surface area contributed by atoms with Crippen LogP contribution in [0.5, 0.6) is 5.75 Å². The summed E-state index contributed by atoms with van der Waals surface area (Å²) in [6.45, 7) is 8.20. The van der Waals surface area contributed by atoms with Crippen molar-refractivity contribution in [1.29, 1.82) is 0 Å². The van der Waals surface area contributed by atoms with E-state index in [0.29, 0.717) is 5.75 Å². The van der Waals surface area contributed by atoms with Gasteiger partial charge in [-0.15, -0.1) is 0 Å². The lowest BCUT2D eigenvalue weighted by atomic mass is 10.0. The minimum absolute atomic E-state index is 0.0740. The van der Waals surface area contributed by atoms with Crippen LogP contribution in [0.2, 0.25) is 0 Å². The van der Waals surface area contributed by atoms with E-state index < -0.39 is 0 Å². The predicted molar refractivity (Wildman–Crippen MR) is 112 cm³/mol. The highest BCUT2D eigenvalue weighted by atomic mass is 16.5. The van der Waals surface area contributed by atoms with E-state index >= 15 is 0 Å². The number of hydrogen-bond acceptors (Lipinski definition) is 3. The Morgan fingerprint density at radius 1 is 1.11 bits per heavy atom. The summed E-state index contributed by atoms with van der Waals surface area (Å²) in [6, 6.07) is 13.6. The van der Waals surface area contributed by atoms with Crippen molar-refractivity contribution >= 4 is 17.3 Å². The van der Waals surface area contributed by atoms with Crippen LogP contribution in [0.25, 0.3) is 5.70 Å². The maximum atomic E-state index is 12.6. The number of hydrogen-bond donors (Lipinski definition) is 1. The number of aryl methyl sites for hydroxylation is 2. The van der Waals surface area contributed by atoms with Crippen LogP contribution in [0, 0.1) is 0 Å². The maximum Gasteiger partial charge on any atom is 0.262 e. The molecule has 1 aromatic heterocycles. The van der Waals surface area contributed by atoms with E-state index in [-0.39, 0.29) is 12.5 Å². The van der Waals surface area contributed by atoms with Gasteiger partial charge in [-0.2, -0.15) is 0 Å². The second-order valence-corrected chi connectivity index (χ2v) is 6.41. The van der Waals surface area contributed by atoms with E-state index in [1.165, 1.54) is 0 Å². The van der Waals surface area contributed by atoms with Crippen LogP contribution in [0.4, 0.5) is 5.69 Å². The summed E-state index contributed by atoms with van der Waals surface area (Å²) >= 11 is 0. The number of ether oxygens (including phenoxy) is 1. The molecule has 0 saturated heterocycles. The van der Waals surface area contributed by atoms with E-state index in [9.17, 15) is 4.79 Å². The fraction of sp³-hybridized carbons (Fsp3) is 0.217. The molecule has 3 aromatic rings. The molecule has 0 aliphatic rings. The highest BCUT2D eigenvalue weighted by Crippen LogP contribution is 2.26. The van der Waals surface area contributed by atoms with Gasteiger partial charge in [0.2, 0.25) is 0 Å². The average molecular weight is 375 g/mol. The number of imidazole rings is 1. The van der Waals surface area contributed by atoms with E-state index in [0.717, 1.165) is 40.9 Å². The fourth-order valence-corrected chi connectivity index (χ4v) is 3.11. The van der Waals surface area contributed by atoms with Gasteiger partial charge in [0.05, 0.1) is 12.0 Å². The second kappa shape index (κ2) is 9.04.